The lowest BCUT2D eigenvalue weighted by molar-refractivity contribution is 0.0666. The van der Waals surface area contributed by atoms with Crippen LogP contribution in [0.2, 0.25) is 0 Å². The maximum Gasteiger partial charge on any atom is 0.243 e. The standard InChI is InChI=1S/C20H21F2NO3S/c1-2-20(19(24)15-3-5-16(21)6-4-15)11-13-23(14-12-20)27(25,26)18-9-7-17(22)8-10-18/h3-10H,2,11-14H2,1H3. The summed E-state index contributed by atoms with van der Waals surface area (Å²) in [7, 11) is -3.73. The highest BCUT2D eigenvalue weighted by Gasteiger charge is 2.42. The van der Waals surface area contributed by atoms with E-state index in [0.29, 0.717) is 24.8 Å². The Bertz CT molecular complexity index is 917. The maximum atomic E-state index is 13.1. The number of sulfonamides is 1. The maximum absolute atomic E-state index is 13.1. The third kappa shape index (κ3) is 3.80. The van der Waals surface area contributed by atoms with Gasteiger partial charge >= 0.3 is 0 Å². The summed E-state index contributed by atoms with van der Waals surface area (Å²) in [5.74, 6) is -0.983. The molecule has 144 valence electrons. The van der Waals surface area contributed by atoms with E-state index >= 15 is 0 Å². The van der Waals surface area contributed by atoms with E-state index in [0.717, 1.165) is 12.1 Å². The molecule has 1 aliphatic rings. The Balaban J connectivity index is 1.78. The largest absolute Gasteiger partial charge is 0.294 e. The molecule has 7 heteroatoms. The predicted molar refractivity (Wildman–Crippen MR) is 97.8 cm³/mol. The van der Waals surface area contributed by atoms with Crippen LogP contribution in [0.5, 0.6) is 0 Å². The van der Waals surface area contributed by atoms with E-state index in [4.69, 9.17) is 0 Å². The summed E-state index contributed by atoms with van der Waals surface area (Å²) in [4.78, 5) is 13.0. The zero-order valence-electron chi connectivity index (χ0n) is 15.0. The van der Waals surface area contributed by atoms with Crippen LogP contribution in [0, 0.1) is 17.0 Å². The SMILES string of the molecule is CCC1(C(=O)c2ccc(F)cc2)CCN(S(=O)(=O)c2ccc(F)cc2)CC1. The second-order valence-electron chi connectivity index (χ2n) is 6.83. The van der Waals surface area contributed by atoms with Crippen molar-refractivity contribution in [2.45, 2.75) is 31.1 Å². The van der Waals surface area contributed by atoms with Crippen LogP contribution < -0.4 is 0 Å². The second kappa shape index (κ2) is 7.48. The van der Waals surface area contributed by atoms with E-state index in [2.05, 4.69) is 0 Å². The Labute approximate surface area is 157 Å². The fourth-order valence-electron chi connectivity index (χ4n) is 3.56. The molecule has 0 aromatic heterocycles. The fraction of sp³-hybridized carbons (Fsp3) is 0.350. The van der Waals surface area contributed by atoms with Crippen molar-refractivity contribution in [2.24, 2.45) is 5.41 Å². The van der Waals surface area contributed by atoms with Crippen LogP contribution in [-0.4, -0.2) is 31.6 Å². The molecule has 0 amide bonds. The highest BCUT2D eigenvalue weighted by atomic mass is 32.2. The van der Waals surface area contributed by atoms with Gasteiger partial charge < -0.3 is 0 Å². The number of carbonyl (C=O) groups is 1. The first-order valence-corrected chi connectivity index (χ1v) is 10.3. The minimum Gasteiger partial charge on any atom is -0.294 e. The third-order valence-corrected chi connectivity index (χ3v) is 7.31. The summed E-state index contributed by atoms with van der Waals surface area (Å²) in [6.45, 7) is 2.33. The van der Waals surface area contributed by atoms with Crippen molar-refractivity contribution in [3.8, 4) is 0 Å². The highest BCUT2D eigenvalue weighted by molar-refractivity contribution is 7.89. The first-order chi connectivity index (χ1) is 12.8. The molecule has 0 spiro atoms. The van der Waals surface area contributed by atoms with E-state index in [9.17, 15) is 22.0 Å². The molecular weight excluding hydrogens is 372 g/mol. The van der Waals surface area contributed by atoms with E-state index in [1.54, 1.807) is 0 Å². The zero-order valence-corrected chi connectivity index (χ0v) is 15.8. The molecule has 0 bridgehead atoms. The quantitative estimate of drug-likeness (QED) is 0.721. The first-order valence-electron chi connectivity index (χ1n) is 8.85. The van der Waals surface area contributed by atoms with Gasteiger partial charge in [0.1, 0.15) is 11.6 Å². The van der Waals surface area contributed by atoms with Gasteiger partial charge in [-0.1, -0.05) is 6.92 Å². The Hall–Kier alpha value is -2.12. The molecule has 0 unspecified atom stereocenters. The van der Waals surface area contributed by atoms with Gasteiger partial charge in [0.25, 0.3) is 0 Å². The molecule has 1 fully saturated rings. The van der Waals surface area contributed by atoms with Crippen LogP contribution >= 0.6 is 0 Å². The van der Waals surface area contributed by atoms with Crippen molar-refractivity contribution in [2.75, 3.05) is 13.1 Å². The average Bonchev–Trinajstić information content (AvgIpc) is 2.68. The molecule has 1 heterocycles. The number of ketones is 1. The lowest BCUT2D eigenvalue weighted by atomic mass is 9.71. The number of nitrogens with zero attached hydrogens (tertiary/aromatic N) is 1. The Morgan fingerprint density at radius 1 is 0.963 bits per heavy atom. The van der Waals surface area contributed by atoms with Crippen LogP contribution in [0.4, 0.5) is 8.78 Å². The van der Waals surface area contributed by atoms with Crippen molar-refractivity contribution in [1.82, 2.24) is 4.31 Å². The smallest absolute Gasteiger partial charge is 0.243 e. The Morgan fingerprint density at radius 2 is 1.44 bits per heavy atom. The van der Waals surface area contributed by atoms with Crippen molar-refractivity contribution in [3.05, 3.63) is 65.7 Å². The molecule has 2 aromatic carbocycles. The minimum atomic E-state index is -3.73. The molecular formula is C20H21F2NO3S. The van der Waals surface area contributed by atoms with E-state index in [1.165, 1.54) is 40.7 Å². The van der Waals surface area contributed by atoms with Gasteiger partial charge in [0, 0.05) is 24.1 Å². The molecule has 27 heavy (non-hydrogen) atoms. The second-order valence-corrected chi connectivity index (χ2v) is 8.77. The van der Waals surface area contributed by atoms with Gasteiger partial charge in [-0.05, 0) is 67.8 Å². The number of rotatable bonds is 5. The monoisotopic (exact) mass is 393 g/mol. The van der Waals surface area contributed by atoms with Crippen molar-refractivity contribution in [3.63, 3.8) is 0 Å². The highest BCUT2D eigenvalue weighted by Crippen LogP contribution is 2.39. The summed E-state index contributed by atoms with van der Waals surface area (Å²) in [6.07, 6.45) is 1.36. The van der Waals surface area contributed by atoms with Crippen LogP contribution in [0.1, 0.15) is 36.5 Å². The minimum absolute atomic E-state index is 0.0396. The van der Waals surface area contributed by atoms with Gasteiger partial charge in [-0.3, -0.25) is 4.79 Å². The van der Waals surface area contributed by atoms with Crippen LogP contribution in [0.15, 0.2) is 53.4 Å². The summed E-state index contributed by atoms with van der Waals surface area (Å²) >= 11 is 0. The summed E-state index contributed by atoms with van der Waals surface area (Å²) in [5, 5.41) is 0. The molecule has 4 nitrogen and oxygen atoms in total. The Morgan fingerprint density at radius 3 is 1.93 bits per heavy atom. The molecule has 1 aliphatic heterocycles. The molecule has 0 aliphatic carbocycles. The molecule has 0 atom stereocenters. The van der Waals surface area contributed by atoms with Gasteiger partial charge in [-0.15, -0.1) is 0 Å². The number of carbonyl (C=O) groups excluding carboxylic acids is 1. The van der Waals surface area contributed by atoms with Crippen molar-refractivity contribution >= 4 is 15.8 Å². The Kier molecular flexibility index (Phi) is 5.44. The normalized spacial score (nSPS) is 17.6. The van der Waals surface area contributed by atoms with Gasteiger partial charge in [-0.25, -0.2) is 17.2 Å². The lowest BCUT2D eigenvalue weighted by Gasteiger charge is -2.39. The van der Waals surface area contributed by atoms with E-state index < -0.39 is 27.1 Å². The van der Waals surface area contributed by atoms with Crippen molar-refractivity contribution < 1.29 is 22.0 Å². The number of benzene rings is 2. The van der Waals surface area contributed by atoms with Crippen LogP contribution in [0.25, 0.3) is 0 Å². The molecule has 0 N–H and O–H groups in total. The number of hydrogen-bond donors (Lipinski definition) is 0. The molecule has 3 rings (SSSR count). The lowest BCUT2D eigenvalue weighted by Crippen LogP contribution is -2.46. The van der Waals surface area contributed by atoms with E-state index in [1.807, 2.05) is 6.92 Å². The van der Waals surface area contributed by atoms with Gasteiger partial charge in [0.15, 0.2) is 5.78 Å². The topological polar surface area (TPSA) is 54.5 Å². The predicted octanol–water partition coefficient (Wildman–Crippen LogP) is 4.03. The van der Waals surface area contributed by atoms with Gasteiger partial charge in [0.05, 0.1) is 4.90 Å². The van der Waals surface area contributed by atoms with Crippen LogP contribution in [0.3, 0.4) is 0 Å². The summed E-state index contributed by atoms with van der Waals surface area (Å²) < 4.78 is 53.0. The van der Waals surface area contributed by atoms with E-state index in [-0.39, 0.29) is 23.8 Å². The molecule has 1 saturated heterocycles. The molecule has 2 aromatic rings. The average molecular weight is 393 g/mol. The number of piperidine rings is 1. The summed E-state index contributed by atoms with van der Waals surface area (Å²) in [6, 6.07) is 10.2. The number of halogens is 2. The fourth-order valence-corrected chi connectivity index (χ4v) is 5.00. The van der Waals surface area contributed by atoms with Gasteiger partial charge in [-0.2, -0.15) is 4.31 Å². The number of Topliss-reactive ketones (excluding diaryl/α,β-unsaturated/α-hetero) is 1. The third-order valence-electron chi connectivity index (χ3n) is 5.40. The van der Waals surface area contributed by atoms with Crippen molar-refractivity contribution in [1.29, 1.82) is 0 Å². The summed E-state index contributed by atoms with van der Waals surface area (Å²) in [5.41, 5.74) is -0.222. The zero-order chi connectivity index (χ0) is 19.7. The van der Waals surface area contributed by atoms with Crippen LogP contribution in [-0.2, 0) is 10.0 Å². The molecule has 0 radical (unpaired) electrons. The first kappa shape index (κ1) is 19.6. The molecule has 0 saturated carbocycles. The van der Waals surface area contributed by atoms with Gasteiger partial charge in [0.2, 0.25) is 10.0 Å². The number of hydrogen-bond acceptors (Lipinski definition) is 3.